The number of aromatic nitrogens is 1. The summed E-state index contributed by atoms with van der Waals surface area (Å²) in [5.41, 5.74) is 3.33. The summed E-state index contributed by atoms with van der Waals surface area (Å²) in [5.74, 6) is -3.45. The number of rotatable bonds is 7. The number of nitrogens with zero attached hydrogens (tertiary/aromatic N) is 1. The van der Waals surface area contributed by atoms with E-state index >= 15 is 0 Å². The van der Waals surface area contributed by atoms with E-state index in [0.717, 1.165) is 22.9 Å². The Labute approximate surface area is 171 Å². The smallest absolute Gasteiger partial charge is 0.196 e. The summed E-state index contributed by atoms with van der Waals surface area (Å²) in [6, 6.07) is 13.7. The van der Waals surface area contributed by atoms with Gasteiger partial charge in [0.05, 0.1) is 5.69 Å². The minimum atomic E-state index is -1.48. The van der Waals surface area contributed by atoms with Crippen molar-refractivity contribution >= 4 is 10.8 Å². The fourth-order valence-electron chi connectivity index (χ4n) is 3.49. The van der Waals surface area contributed by atoms with Crippen molar-refractivity contribution < 1.29 is 17.4 Å². The Bertz CT molecular complexity index is 1030. The molecule has 2 atom stereocenters. The van der Waals surface area contributed by atoms with E-state index in [0.29, 0.717) is 18.0 Å². The summed E-state index contributed by atoms with van der Waals surface area (Å²) in [6.45, 7) is 4.05. The number of benzene rings is 2. The lowest BCUT2D eigenvalue weighted by Crippen LogP contribution is -2.26. The van der Waals surface area contributed by atoms with Gasteiger partial charge in [0, 0.05) is 46.8 Å². The molecule has 1 N–H and O–H groups in total. The van der Waals surface area contributed by atoms with E-state index in [-0.39, 0.29) is 11.7 Å². The van der Waals surface area contributed by atoms with Crippen molar-refractivity contribution in [3.63, 3.8) is 0 Å². The molecule has 154 valence electrons. The molecule has 0 amide bonds. The van der Waals surface area contributed by atoms with Crippen LogP contribution in [0.1, 0.15) is 28.6 Å². The molecular formula is C22H23F3N2OS. The molecule has 0 fully saturated rings. The molecule has 3 rings (SSSR count). The van der Waals surface area contributed by atoms with E-state index in [1.807, 2.05) is 36.4 Å². The lowest BCUT2D eigenvalue weighted by atomic mass is 10.1. The molecule has 1 heterocycles. The van der Waals surface area contributed by atoms with E-state index in [1.54, 1.807) is 24.7 Å². The third-order valence-corrected chi connectivity index (χ3v) is 5.74. The van der Waals surface area contributed by atoms with Gasteiger partial charge in [-0.1, -0.05) is 30.3 Å². The fourth-order valence-corrected chi connectivity index (χ4v) is 4.27. The zero-order valence-electron chi connectivity index (χ0n) is 16.5. The monoisotopic (exact) mass is 420 g/mol. The Hall–Kier alpha value is -2.38. The predicted octanol–water partition coefficient (Wildman–Crippen LogP) is 4.72. The molecule has 0 spiro atoms. The van der Waals surface area contributed by atoms with Crippen LogP contribution >= 0.6 is 0 Å². The van der Waals surface area contributed by atoms with Crippen LogP contribution in [0.15, 0.2) is 48.5 Å². The lowest BCUT2D eigenvalue weighted by molar-refractivity contribution is 0.444. The standard InChI is InChI=1S/C22H23F3N2OS/c1-14-11-17(12-26-19(13-29(3)28)16-7-5-4-6-8-16)15(2)27(14)20-10-9-18(23)21(24)22(20)25/h4-11,19,26H,12-13H2,1-3H3/t19-,29+/m0/s1. The minimum absolute atomic E-state index is 0.0283. The van der Waals surface area contributed by atoms with E-state index in [9.17, 15) is 17.4 Å². The van der Waals surface area contributed by atoms with Gasteiger partial charge in [-0.25, -0.2) is 13.2 Å². The van der Waals surface area contributed by atoms with Crippen molar-refractivity contribution in [3.05, 3.63) is 88.5 Å². The molecule has 0 aliphatic carbocycles. The molecule has 1 aromatic heterocycles. The summed E-state index contributed by atoms with van der Waals surface area (Å²) in [5, 5.41) is 3.42. The molecule has 0 saturated carbocycles. The fraction of sp³-hybridized carbons (Fsp3) is 0.273. The topological polar surface area (TPSA) is 34.0 Å². The average molecular weight is 421 g/mol. The Kier molecular flexibility index (Phi) is 6.59. The molecule has 0 bridgehead atoms. The number of nitrogens with one attached hydrogen (secondary N) is 1. The van der Waals surface area contributed by atoms with Crippen molar-refractivity contribution in [2.45, 2.75) is 26.4 Å². The van der Waals surface area contributed by atoms with Crippen LogP contribution < -0.4 is 5.32 Å². The molecular weight excluding hydrogens is 397 g/mol. The molecule has 3 aromatic rings. The van der Waals surface area contributed by atoms with Crippen molar-refractivity contribution in [2.75, 3.05) is 12.0 Å². The summed E-state index contributed by atoms with van der Waals surface area (Å²) < 4.78 is 54.7. The van der Waals surface area contributed by atoms with Crippen molar-refractivity contribution in [2.24, 2.45) is 0 Å². The second-order valence-electron chi connectivity index (χ2n) is 7.01. The van der Waals surface area contributed by atoms with Crippen LogP contribution in [0.25, 0.3) is 5.69 Å². The Morgan fingerprint density at radius 3 is 2.38 bits per heavy atom. The molecule has 0 aliphatic rings. The molecule has 2 aromatic carbocycles. The largest absolute Gasteiger partial charge is 0.315 e. The minimum Gasteiger partial charge on any atom is -0.315 e. The quantitative estimate of drug-likeness (QED) is 0.561. The average Bonchev–Trinajstić information content (AvgIpc) is 2.97. The number of aryl methyl sites for hydroxylation is 1. The molecule has 7 heteroatoms. The molecule has 0 saturated heterocycles. The summed E-state index contributed by atoms with van der Waals surface area (Å²) in [4.78, 5) is 0. The van der Waals surface area contributed by atoms with Gasteiger partial charge in [-0.15, -0.1) is 0 Å². The predicted molar refractivity (Wildman–Crippen MR) is 110 cm³/mol. The van der Waals surface area contributed by atoms with Crippen LogP contribution in [-0.4, -0.2) is 20.8 Å². The first kappa shape index (κ1) is 21.3. The van der Waals surface area contributed by atoms with Crippen LogP contribution in [-0.2, 0) is 17.3 Å². The second kappa shape index (κ2) is 8.97. The maximum absolute atomic E-state index is 14.3. The van der Waals surface area contributed by atoms with Gasteiger partial charge in [0.15, 0.2) is 17.5 Å². The van der Waals surface area contributed by atoms with E-state index < -0.39 is 28.3 Å². The van der Waals surface area contributed by atoms with Crippen LogP contribution in [0, 0.1) is 31.3 Å². The third-order valence-electron chi connectivity index (χ3n) is 4.93. The maximum Gasteiger partial charge on any atom is 0.196 e. The van der Waals surface area contributed by atoms with Crippen LogP contribution in [0.4, 0.5) is 13.2 Å². The van der Waals surface area contributed by atoms with Crippen molar-refractivity contribution in [3.8, 4) is 5.69 Å². The zero-order chi connectivity index (χ0) is 21.1. The second-order valence-corrected chi connectivity index (χ2v) is 8.49. The van der Waals surface area contributed by atoms with Gasteiger partial charge < -0.3 is 9.88 Å². The van der Waals surface area contributed by atoms with Crippen LogP contribution in [0.3, 0.4) is 0 Å². The van der Waals surface area contributed by atoms with Gasteiger partial charge in [-0.2, -0.15) is 0 Å². The first-order valence-electron chi connectivity index (χ1n) is 9.19. The highest BCUT2D eigenvalue weighted by molar-refractivity contribution is 7.84. The molecule has 0 radical (unpaired) electrons. The Morgan fingerprint density at radius 2 is 1.72 bits per heavy atom. The van der Waals surface area contributed by atoms with Gasteiger partial charge in [-0.05, 0) is 43.2 Å². The lowest BCUT2D eigenvalue weighted by Gasteiger charge is -2.18. The van der Waals surface area contributed by atoms with Gasteiger partial charge in [0.25, 0.3) is 0 Å². The SMILES string of the molecule is Cc1cc(CN[C@@H](C[S@@](C)=O)c2ccccc2)c(C)n1-c1ccc(F)c(F)c1F. The maximum atomic E-state index is 14.3. The summed E-state index contributed by atoms with van der Waals surface area (Å²) in [6.07, 6.45) is 1.66. The van der Waals surface area contributed by atoms with E-state index in [4.69, 9.17) is 0 Å². The van der Waals surface area contributed by atoms with Crippen molar-refractivity contribution in [1.82, 2.24) is 9.88 Å². The number of hydrogen-bond donors (Lipinski definition) is 1. The van der Waals surface area contributed by atoms with E-state index in [1.165, 1.54) is 6.07 Å². The molecule has 29 heavy (non-hydrogen) atoms. The molecule has 3 nitrogen and oxygen atoms in total. The molecule has 0 unspecified atom stereocenters. The van der Waals surface area contributed by atoms with Crippen LogP contribution in [0.5, 0.6) is 0 Å². The highest BCUT2D eigenvalue weighted by Gasteiger charge is 2.20. The molecule has 0 aliphatic heterocycles. The Balaban J connectivity index is 1.88. The zero-order valence-corrected chi connectivity index (χ0v) is 17.3. The third kappa shape index (κ3) is 4.62. The van der Waals surface area contributed by atoms with Gasteiger partial charge in [0.1, 0.15) is 0 Å². The number of halogens is 3. The Morgan fingerprint density at radius 1 is 1.03 bits per heavy atom. The highest BCUT2D eigenvalue weighted by Crippen LogP contribution is 2.26. The summed E-state index contributed by atoms with van der Waals surface area (Å²) in [7, 11) is -0.991. The van der Waals surface area contributed by atoms with E-state index in [2.05, 4.69) is 5.32 Å². The summed E-state index contributed by atoms with van der Waals surface area (Å²) >= 11 is 0. The first-order chi connectivity index (χ1) is 13.8. The first-order valence-corrected chi connectivity index (χ1v) is 10.9. The normalized spacial score (nSPS) is 13.4. The highest BCUT2D eigenvalue weighted by atomic mass is 32.2. The van der Waals surface area contributed by atoms with Crippen molar-refractivity contribution in [1.29, 1.82) is 0 Å². The van der Waals surface area contributed by atoms with Gasteiger partial charge in [0.2, 0.25) is 0 Å². The number of hydrogen-bond acceptors (Lipinski definition) is 2. The van der Waals surface area contributed by atoms with Gasteiger partial charge in [-0.3, -0.25) is 4.21 Å². The van der Waals surface area contributed by atoms with Gasteiger partial charge >= 0.3 is 0 Å². The van der Waals surface area contributed by atoms with Crippen LogP contribution in [0.2, 0.25) is 0 Å².